The summed E-state index contributed by atoms with van der Waals surface area (Å²) in [6, 6.07) is 1.67. The van der Waals surface area contributed by atoms with E-state index in [2.05, 4.69) is 5.32 Å². The molecule has 1 fully saturated rings. The highest BCUT2D eigenvalue weighted by Crippen LogP contribution is 2.24. The Hall–Kier alpha value is -1.73. The molecule has 5 nitrogen and oxygen atoms in total. The van der Waals surface area contributed by atoms with Crippen molar-refractivity contribution < 1.29 is 23.5 Å². The Labute approximate surface area is 137 Å². The van der Waals surface area contributed by atoms with Crippen molar-refractivity contribution in [3.8, 4) is 0 Å². The van der Waals surface area contributed by atoms with E-state index in [1.54, 1.807) is 0 Å². The predicted octanol–water partition coefficient (Wildman–Crippen LogP) is 2.22. The predicted molar refractivity (Wildman–Crippen MR) is 81.0 cm³/mol. The van der Waals surface area contributed by atoms with Crippen molar-refractivity contribution in [3.05, 3.63) is 28.8 Å². The minimum atomic E-state index is -1.17. The molecule has 0 radical (unpaired) electrons. The molecule has 0 aliphatic heterocycles. The second-order valence-electron chi connectivity index (χ2n) is 5.60. The minimum Gasteiger partial charge on any atom is -0.393 e. The number of aliphatic hydroxyl groups excluding tert-OH is 1. The average molecular weight is 347 g/mol. The number of nitrogens with one attached hydrogen (secondary N) is 2. The summed E-state index contributed by atoms with van der Waals surface area (Å²) in [7, 11) is 0. The summed E-state index contributed by atoms with van der Waals surface area (Å²) in [5, 5.41) is 13.7. The molecule has 126 valence electrons. The van der Waals surface area contributed by atoms with Gasteiger partial charge in [-0.15, -0.1) is 0 Å². The molecule has 2 amide bonds. The number of benzene rings is 1. The quantitative estimate of drug-likeness (QED) is 0.734. The van der Waals surface area contributed by atoms with Gasteiger partial charge in [0.15, 0.2) is 11.6 Å². The molecule has 2 atom stereocenters. The molecule has 0 aromatic heterocycles. The Kier molecular flexibility index (Phi) is 5.90. The first kappa shape index (κ1) is 17.6. The lowest BCUT2D eigenvalue weighted by molar-refractivity contribution is -0.136. The normalized spacial score (nSPS) is 20.9. The largest absolute Gasteiger partial charge is 0.393 e. The fourth-order valence-electron chi connectivity index (χ4n) is 2.60. The topological polar surface area (TPSA) is 78.4 Å². The van der Waals surface area contributed by atoms with Crippen molar-refractivity contribution in [2.45, 2.75) is 31.8 Å². The summed E-state index contributed by atoms with van der Waals surface area (Å²) in [4.78, 5) is 23.4. The first-order chi connectivity index (χ1) is 10.9. The van der Waals surface area contributed by atoms with Crippen LogP contribution in [0.25, 0.3) is 0 Å². The zero-order chi connectivity index (χ0) is 17.0. The number of halogens is 3. The standard InChI is InChI=1S/C15H17ClF2N2O3/c16-9-5-11(17)13(12(18)6-9)20-15(23)14(22)19-7-8-2-1-3-10(21)4-8/h5-6,8,10,21H,1-4,7H2,(H,19,22)(H,20,23). The Bertz CT molecular complexity index is 589. The molecule has 0 spiro atoms. The maximum Gasteiger partial charge on any atom is 0.313 e. The first-order valence-electron chi connectivity index (χ1n) is 7.28. The third-order valence-electron chi connectivity index (χ3n) is 3.76. The Morgan fingerprint density at radius 2 is 1.87 bits per heavy atom. The lowest BCUT2D eigenvalue weighted by atomic mass is 9.87. The van der Waals surface area contributed by atoms with E-state index in [9.17, 15) is 23.5 Å². The highest BCUT2D eigenvalue weighted by molar-refractivity contribution is 6.39. The minimum absolute atomic E-state index is 0.0829. The van der Waals surface area contributed by atoms with Crippen molar-refractivity contribution in [1.29, 1.82) is 0 Å². The second-order valence-corrected chi connectivity index (χ2v) is 6.03. The van der Waals surface area contributed by atoms with Gasteiger partial charge in [0.2, 0.25) is 0 Å². The second kappa shape index (κ2) is 7.70. The average Bonchev–Trinajstić information content (AvgIpc) is 2.48. The van der Waals surface area contributed by atoms with Crippen LogP contribution >= 0.6 is 11.6 Å². The summed E-state index contributed by atoms with van der Waals surface area (Å²) >= 11 is 5.48. The number of amides is 2. The van der Waals surface area contributed by atoms with Gasteiger partial charge in [-0.05, 0) is 37.3 Å². The third kappa shape index (κ3) is 4.87. The summed E-state index contributed by atoms with van der Waals surface area (Å²) < 4.78 is 27.1. The van der Waals surface area contributed by atoms with Crippen LogP contribution in [0.5, 0.6) is 0 Å². The van der Waals surface area contributed by atoms with Crippen LogP contribution in [0, 0.1) is 17.6 Å². The maximum atomic E-state index is 13.6. The van der Waals surface area contributed by atoms with Crippen LogP contribution < -0.4 is 10.6 Å². The number of anilines is 1. The molecule has 23 heavy (non-hydrogen) atoms. The van der Waals surface area contributed by atoms with E-state index in [1.807, 2.05) is 5.32 Å². The maximum absolute atomic E-state index is 13.6. The third-order valence-corrected chi connectivity index (χ3v) is 3.98. The number of aliphatic hydroxyl groups is 1. The van der Waals surface area contributed by atoms with Crippen LogP contribution in [0.3, 0.4) is 0 Å². The highest BCUT2D eigenvalue weighted by atomic mass is 35.5. The summed E-state index contributed by atoms with van der Waals surface area (Å²) in [5.74, 6) is -4.20. The van der Waals surface area contributed by atoms with Gasteiger partial charge >= 0.3 is 11.8 Å². The van der Waals surface area contributed by atoms with Crippen molar-refractivity contribution in [2.75, 3.05) is 11.9 Å². The van der Waals surface area contributed by atoms with E-state index in [0.29, 0.717) is 6.42 Å². The van der Waals surface area contributed by atoms with Gasteiger partial charge in [0.1, 0.15) is 5.69 Å². The fourth-order valence-corrected chi connectivity index (χ4v) is 2.79. The molecule has 2 unspecified atom stereocenters. The molecule has 3 N–H and O–H groups in total. The fraction of sp³-hybridized carbons (Fsp3) is 0.467. The number of hydrogen-bond acceptors (Lipinski definition) is 3. The summed E-state index contributed by atoms with van der Waals surface area (Å²) in [6.45, 7) is 0.231. The lowest BCUT2D eigenvalue weighted by Crippen LogP contribution is -2.39. The lowest BCUT2D eigenvalue weighted by Gasteiger charge is -2.25. The van der Waals surface area contributed by atoms with Crippen LogP contribution in [0.1, 0.15) is 25.7 Å². The molecule has 2 rings (SSSR count). The summed E-state index contributed by atoms with van der Waals surface area (Å²) in [6.07, 6.45) is 2.61. The summed E-state index contributed by atoms with van der Waals surface area (Å²) in [5.41, 5.74) is -0.720. The number of carbonyl (C=O) groups is 2. The number of hydrogen-bond donors (Lipinski definition) is 3. The molecular weight excluding hydrogens is 330 g/mol. The zero-order valence-electron chi connectivity index (χ0n) is 12.2. The van der Waals surface area contributed by atoms with Gasteiger partial charge in [-0.3, -0.25) is 9.59 Å². The first-order valence-corrected chi connectivity index (χ1v) is 7.66. The van der Waals surface area contributed by atoms with Crippen LogP contribution in [-0.4, -0.2) is 29.6 Å². The van der Waals surface area contributed by atoms with E-state index in [-0.39, 0.29) is 17.5 Å². The number of carbonyl (C=O) groups excluding carboxylic acids is 2. The molecule has 1 aliphatic rings. The Morgan fingerprint density at radius 1 is 1.22 bits per heavy atom. The van der Waals surface area contributed by atoms with Gasteiger partial charge in [-0.2, -0.15) is 0 Å². The molecule has 1 aromatic rings. The van der Waals surface area contributed by atoms with Crippen LogP contribution in [0.4, 0.5) is 14.5 Å². The molecule has 1 aromatic carbocycles. The molecule has 0 saturated heterocycles. The van der Waals surface area contributed by atoms with E-state index >= 15 is 0 Å². The van der Waals surface area contributed by atoms with E-state index in [1.165, 1.54) is 0 Å². The van der Waals surface area contributed by atoms with Gasteiger partial charge in [-0.25, -0.2) is 8.78 Å². The Balaban J connectivity index is 1.89. The van der Waals surface area contributed by atoms with Gasteiger partial charge in [0.05, 0.1) is 6.10 Å². The van der Waals surface area contributed by atoms with Crippen molar-refractivity contribution in [2.24, 2.45) is 5.92 Å². The number of rotatable bonds is 3. The van der Waals surface area contributed by atoms with Crippen molar-refractivity contribution in [3.63, 3.8) is 0 Å². The SMILES string of the molecule is O=C(NCC1CCCC(O)C1)C(=O)Nc1c(F)cc(Cl)cc1F. The van der Waals surface area contributed by atoms with Gasteiger partial charge in [-0.1, -0.05) is 18.0 Å². The van der Waals surface area contributed by atoms with E-state index < -0.39 is 35.2 Å². The Morgan fingerprint density at radius 3 is 2.48 bits per heavy atom. The smallest absolute Gasteiger partial charge is 0.313 e. The monoisotopic (exact) mass is 346 g/mol. The van der Waals surface area contributed by atoms with Crippen LogP contribution in [0.2, 0.25) is 5.02 Å². The molecule has 1 aliphatic carbocycles. The molecule has 1 saturated carbocycles. The van der Waals surface area contributed by atoms with Crippen LogP contribution in [0.15, 0.2) is 12.1 Å². The van der Waals surface area contributed by atoms with E-state index in [0.717, 1.165) is 31.4 Å². The van der Waals surface area contributed by atoms with Gasteiger partial charge < -0.3 is 15.7 Å². The van der Waals surface area contributed by atoms with Crippen molar-refractivity contribution in [1.82, 2.24) is 5.32 Å². The van der Waals surface area contributed by atoms with Crippen LogP contribution in [-0.2, 0) is 9.59 Å². The molecule has 8 heteroatoms. The van der Waals surface area contributed by atoms with Crippen molar-refractivity contribution >= 4 is 29.1 Å². The van der Waals surface area contributed by atoms with Gasteiger partial charge in [0.25, 0.3) is 0 Å². The van der Waals surface area contributed by atoms with Gasteiger partial charge in [0, 0.05) is 11.6 Å². The highest BCUT2D eigenvalue weighted by Gasteiger charge is 2.23. The molecule has 0 bridgehead atoms. The zero-order valence-corrected chi connectivity index (χ0v) is 13.0. The molecular formula is C15H17ClF2N2O3. The molecule has 0 heterocycles. The van der Waals surface area contributed by atoms with E-state index in [4.69, 9.17) is 11.6 Å².